The van der Waals surface area contributed by atoms with Crippen molar-refractivity contribution in [3.05, 3.63) is 29.8 Å². The maximum atomic E-state index is 12.9. The van der Waals surface area contributed by atoms with Crippen molar-refractivity contribution >= 4 is 11.6 Å². The van der Waals surface area contributed by atoms with Crippen LogP contribution in [-0.4, -0.2) is 37.5 Å². The maximum absolute atomic E-state index is 12.9. The Hall–Kier alpha value is -1.35. The number of para-hydroxylation sites is 1. The van der Waals surface area contributed by atoms with Gasteiger partial charge < -0.3 is 9.80 Å². The molecule has 0 saturated carbocycles. The summed E-state index contributed by atoms with van der Waals surface area (Å²) in [7, 11) is 2.14. The first-order valence-electron chi connectivity index (χ1n) is 7.83. The van der Waals surface area contributed by atoms with E-state index in [9.17, 15) is 4.79 Å². The molecule has 1 aromatic carbocycles. The molecule has 3 rings (SSSR count). The van der Waals surface area contributed by atoms with Gasteiger partial charge in [-0.2, -0.15) is 0 Å². The number of anilines is 1. The van der Waals surface area contributed by atoms with E-state index in [1.54, 1.807) is 0 Å². The highest BCUT2D eigenvalue weighted by Gasteiger charge is 2.29. The van der Waals surface area contributed by atoms with Gasteiger partial charge >= 0.3 is 0 Å². The molecule has 1 aromatic rings. The lowest BCUT2D eigenvalue weighted by Gasteiger charge is -2.32. The van der Waals surface area contributed by atoms with Crippen LogP contribution in [0.1, 0.15) is 31.2 Å². The fourth-order valence-electron chi connectivity index (χ4n) is 3.40. The Labute approximate surface area is 121 Å². The van der Waals surface area contributed by atoms with Crippen molar-refractivity contribution in [2.75, 3.05) is 31.6 Å². The molecular formula is C17H24N2O. The molecule has 2 heterocycles. The summed E-state index contributed by atoms with van der Waals surface area (Å²) in [6, 6.07) is 8.44. The average Bonchev–Trinajstić information content (AvgIpc) is 2.69. The Balaban J connectivity index is 1.80. The average molecular weight is 272 g/mol. The standard InChI is InChI=1S/C17H24N2O/c1-18-12-9-15(10-13-18)17(20)19-11-5-4-7-14-6-2-3-8-16(14)19/h2-3,6,8,15H,4-5,7,9-13H2,1H3. The fourth-order valence-corrected chi connectivity index (χ4v) is 3.40. The van der Waals surface area contributed by atoms with Crippen molar-refractivity contribution in [3.8, 4) is 0 Å². The third kappa shape index (κ3) is 2.73. The first-order valence-corrected chi connectivity index (χ1v) is 7.83. The van der Waals surface area contributed by atoms with E-state index < -0.39 is 0 Å². The number of benzene rings is 1. The van der Waals surface area contributed by atoms with Crippen LogP contribution in [0.5, 0.6) is 0 Å². The summed E-state index contributed by atoms with van der Waals surface area (Å²) in [5.41, 5.74) is 2.50. The first kappa shape index (κ1) is 13.6. The van der Waals surface area contributed by atoms with Crippen LogP contribution in [0.4, 0.5) is 5.69 Å². The topological polar surface area (TPSA) is 23.6 Å². The quantitative estimate of drug-likeness (QED) is 0.785. The van der Waals surface area contributed by atoms with Crippen LogP contribution in [0.25, 0.3) is 0 Å². The molecule has 2 aliphatic heterocycles. The molecule has 0 spiro atoms. The fraction of sp³-hybridized carbons (Fsp3) is 0.588. The van der Waals surface area contributed by atoms with E-state index in [0.29, 0.717) is 5.91 Å². The molecule has 108 valence electrons. The molecule has 0 aliphatic carbocycles. The van der Waals surface area contributed by atoms with Crippen molar-refractivity contribution in [3.63, 3.8) is 0 Å². The molecule has 3 nitrogen and oxygen atoms in total. The lowest BCUT2D eigenvalue weighted by Crippen LogP contribution is -2.42. The molecule has 20 heavy (non-hydrogen) atoms. The zero-order chi connectivity index (χ0) is 13.9. The number of nitrogens with zero attached hydrogens (tertiary/aromatic N) is 2. The van der Waals surface area contributed by atoms with Gasteiger partial charge in [-0.1, -0.05) is 18.2 Å². The Morgan fingerprint density at radius 3 is 2.65 bits per heavy atom. The Bertz CT molecular complexity index is 478. The van der Waals surface area contributed by atoms with E-state index in [4.69, 9.17) is 0 Å². The number of hydrogen-bond donors (Lipinski definition) is 0. The monoisotopic (exact) mass is 272 g/mol. The van der Waals surface area contributed by atoms with Crippen LogP contribution >= 0.6 is 0 Å². The smallest absolute Gasteiger partial charge is 0.230 e. The Morgan fingerprint density at radius 1 is 1.10 bits per heavy atom. The molecule has 0 radical (unpaired) electrons. The molecule has 0 aromatic heterocycles. The van der Waals surface area contributed by atoms with Crippen LogP contribution in [0.15, 0.2) is 24.3 Å². The molecule has 3 heteroatoms. The predicted octanol–water partition coefficient (Wildman–Crippen LogP) is 2.70. The van der Waals surface area contributed by atoms with E-state index >= 15 is 0 Å². The van der Waals surface area contributed by atoms with Crippen molar-refractivity contribution in [2.24, 2.45) is 5.92 Å². The van der Waals surface area contributed by atoms with Gasteiger partial charge in [0.25, 0.3) is 0 Å². The summed E-state index contributed by atoms with van der Waals surface area (Å²) in [5, 5.41) is 0. The minimum absolute atomic E-state index is 0.220. The van der Waals surface area contributed by atoms with Gasteiger partial charge in [-0.05, 0) is 63.9 Å². The molecule has 2 aliphatic rings. The summed E-state index contributed by atoms with van der Waals surface area (Å²) in [4.78, 5) is 17.3. The number of likely N-dealkylation sites (tertiary alicyclic amines) is 1. The second kappa shape index (κ2) is 5.96. The normalized spacial score (nSPS) is 21.4. The molecule has 1 amide bonds. The lowest BCUT2D eigenvalue weighted by atomic mass is 9.95. The lowest BCUT2D eigenvalue weighted by molar-refractivity contribution is -0.123. The summed E-state index contributed by atoms with van der Waals surface area (Å²) in [6.07, 6.45) is 5.43. The second-order valence-corrected chi connectivity index (χ2v) is 6.15. The van der Waals surface area contributed by atoms with E-state index in [0.717, 1.165) is 51.0 Å². The Kier molecular flexibility index (Phi) is 4.06. The van der Waals surface area contributed by atoms with Crippen LogP contribution in [0, 0.1) is 5.92 Å². The van der Waals surface area contributed by atoms with Gasteiger partial charge in [0.05, 0.1) is 0 Å². The molecule has 0 N–H and O–H groups in total. The number of carbonyl (C=O) groups excluding carboxylic acids is 1. The van der Waals surface area contributed by atoms with Gasteiger partial charge in [0, 0.05) is 18.2 Å². The van der Waals surface area contributed by atoms with E-state index in [-0.39, 0.29) is 5.92 Å². The van der Waals surface area contributed by atoms with Crippen LogP contribution < -0.4 is 4.90 Å². The minimum atomic E-state index is 0.220. The van der Waals surface area contributed by atoms with Crippen molar-refractivity contribution in [2.45, 2.75) is 32.1 Å². The highest BCUT2D eigenvalue weighted by atomic mass is 16.2. The van der Waals surface area contributed by atoms with Gasteiger partial charge in [0.1, 0.15) is 0 Å². The van der Waals surface area contributed by atoms with Crippen LogP contribution in [0.2, 0.25) is 0 Å². The predicted molar refractivity (Wildman–Crippen MR) is 82.0 cm³/mol. The summed E-state index contributed by atoms with van der Waals surface area (Å²) >= 11 is 0. The minimum Gasteiger partial charge on any atom is -0.312 e. The van der Waals surface area contributed by atoms with Crippen molar-refractivity contribution in [1.29, 1.82) is 0 Å². The molecule has 0 unspecified atom stereocenters. The number of amides is 1. The largest absolute Gasteiger partial charge is 0.312 e. The molecule has 0 atom stereocenters. The molecule has 1 fully saturated rings. The summed E-state index contributed by atoms with van der Waals surface area (Å²) in [6.45, 7) is 2.99. The van der Waals surface area contributed by atoms with E-state index in [1.165, 1.54) is 12.0 Å². The number of fused-ring (bicyclic) bond motifs is 1. The third-order valence-electron chi connectivity index (χ3n) is 4.69. The molecule has 0 bridgehead atoms. The SMILES string of the molecule is CN1CCC(C(=O)N2CCCCc3ccccc32)CC1. The number of aryl methyl sites for hydroxylation is 1. The maximum Gasteiger partial charge on any atom is 0.230 e. The number of carbonyl (C=O) groups is 1. The van der Waals surface area contributed by atoms with Gasteiger partial charge in [-0.25, -0.2) is 0 Å². The number of hydrogen-bond acceptors (Lipinski definition) is 2. The highest BCUT2D eigenvalue weighted by Crippen LogP contribution is 2.29. The molecule has 1 saturated heterocycles. The van der Waals surface area contributed by atoms with E-state index in [2.05, 4.69) is 41.1 Å². The van der Waals surface area contributed by atoms with Gasteiger partial charge in [-0.15, -0.1) is 0 Å². The highest BCUT2D eigenvalue weighted by molar-refractivity contribution is 5.96. The summed E-state index contributed by atoms with van der Waals surface area (Å²) in [5.74, 6) is 0.574. The van der Waals surface area contributed by atoms with Gasteiger partial charge in [-0.3, -0.25) is 4.79 Å². The second-order valence-electron chi connectivity index (χ2n) is 6.15. The van der Waals surface area contributed by atoms with Crippen molar-refractivity contribution < 1.29 is 4.79 Å². The van der Waals surface area contributed by atoms with Crippen molar-refractivity contribution in [1.82, 2.24) is 4.90 Å². The third-order valence-corrected chi connectivity index (χ3v) is 4.69. The molecular weight excluding hydrogens is 248 g/mol. The van der Waals surface area contributed by atoms with E-state index in [1.807, 2.05) is 0 Å². The summed E-state index contributed by atoms with van der Waals surface area (Å²) < 4.78 is 0. The first-order chi connectivity index (χ1) is 9.75. The Morgan fingerprint density at radius 2 is 1.85 bits per heavy atom. The van der Waals surface area contributed by atoms with Crippen LogP contribution in [-0.2, 0) is 11.2 Å². The number of rotatable bonds is 1. The number of piperidine rings is 1. The zero-order valence-electron chi connectivity index (χ0n) is 12.3. The van der Waals surface area contributed by atoms with Gasteiger partial charge in [0.2, 0.25) is 5.91 Å². The van der Waals surface area contributed by atoms with Gasteiger partial charge in [0.15, 0.2) is 0 Å². The van der Waals surface area contributed by atoms with Crippen LogP contribution in [0.3, 0.4) is 0 Å². The zero-order valence-corrected chi connectivity index (χ0v) is 12.3.